The lowest BCUT2D eigenvalue weighted by Crippen LogP contribution is -2.45. The molecule has 0 aliphatic carbocycles. The quantitative estimate of drug-likeness (QED) is 0.661. The second kappa shape index (κ2) is 8.47. The van der Waals surface area contributed by atoms with E-state index < -0.39 is 0 Å². The average Bonchev–Trinajstić information content (AvgIpc) is 3.17. The van der Waals surface area contributed by atoms with Gasteiger partial charge in [-0.05, 0) is 48.7 Å². The lowest BCUT2D eigenvalue weighted by molar-refractivity contribution is -0.122. The number of ether oxygens (including phenoxy) is 2. The van der Waals surface area contributed by atoms with E-state index in [0.29, 0.717) is 24.8 Å². The van der Waals surface area contributed by atoms with Crippen LogP contribution in [0.3, 0.4) is 0 Å². The second-order valence-corrected chi connectivity index (χ2v) is 7.92. The minimum Gasteiger partial charge on any atom is -0.497 e. The number of carbonyl (C=O) groups is 1. The number of nitrogens with one attached hydrogen (secondary N) is 1. The fourth-order valence-corrected chi connectivity index (χ4v) is 4.31. The topological polar surface area (TPSA) is 52.5 Å². The number of rotatable bonds is 6. The first-order valence-electron chi connectivity index (χ1n) is 9.84. The van der Waals surface area contributed by atoms with Crippen LogP contribution in [0, 0.1) is 0 Å². The van der Waals surface area contributed by atoms with E-state index in [-0.39, 0.29) is 17.9 Å². The molecule has 0 unspecified atom stereocenters. The second-order valence-electron chi connectivity index (χ2n) is 7.51. The number of halogens is 1. The molecule has 4 rings (SSSR count). The highest BCUT2D eigenvalue weighted by Gasteiger charge is 2.34. The molecule has 0 radical (unpaired) electrons. The van der Waals surface area contributed by atoms with Gasteiger partial charge in [0, 0.05) is 47.3 Å². The van der Waals surface area contributed by atoms with Crippen LogP contribution in [0.15, 0.2) is 54.7 Å². The minimum atomic E-state index is -0.123. The minimum absolute atomic E-state index is 0.0122. The van der Waals surface area contributed by atoms with E-state index >= 15 is 0 Å². The summed E-state index contributed by atoms with van der Waals surface area (Å²) in [5.41, 5.74) is 2.05. The smallest absolute Gasteiger partial charge is 0.239 e. The maximum Gasteiger partial charge on any atom is 0.239 e. The van der Waals surface area contributed by atoms with Gasteiger partial charge in [-0.15, -0.1) is 0 Å². The molecule has 1 amide bonds. The highest BCUT2D eigenvalue weighted by molar-refractivity contribution is 6.35. The van der Waals surface area contributed by atoms with Gasteiger partial charge in [0.15, 0.2) is 0 Å². The molecule has 3 aromatic rings. The molecule has 1 fully saturated rings. The highest BCUT2D eigenvalue weighted by Crippen LogP contribution is 2.35. The number of hydrogen-bond donors (Lipinski definition) is 1. The van der Waals surface area contributed by atoms with Crippen LogP contribution in [0.25, 0.3) is 10.9 Å². The number of methoxy groups -OCH3 is 1. The monoisotopic (exact) mass is 412 g/mol. The molecular formula is C23H25ClN2O3. The Morgan fingerprint density at radius 2 is 1.93 bits per heavy atom. The Kier molecular flexibility index (Phi) is 5.79. The Bertz CT molecular complexity index is 991. The average molecular weight is 413 g/mol. The van der Waals surface area contributed by atoms with E-state index in [0.717, 1.165) is 29.5 Å². The summed E-state index contributed by atoms with van der Waals surface area (Å²) >= 11 is 6.24. The Morgan fingerprint density at radius 3 is 2.66 bits per heavy atom. The van der Waals surface area contributed by atoms with Gasteiger partial charge in [-0.25, -0.2) is 0 Å². The van der Waals surface area contributed by atoms with Crippen molar-refractivity contribution < 1.29 is 14.3 Å². The van der Waals surface area contributed by atoms with Crippen LogP contribution in [-0.2, 0) is 21.5 Å². The van der Waals surface area contributed by atoms with Gasteiger partial charge in [0.1, 0.15) is 12.3 Å². The van der Waals surface area contributed by atoms with Crippen LogP contribution in [0.5, 0.6) is 5.75 Å². The Morgan fingerprint density at radius 1 is 1.17 bits per heavy atom. The number of fused-ring (bicyclic) bond motifs is 1. The standard InChI is InChI=1S/C23H25ClN2O3/c1-28-18-7-5-17(6-8-18)23(10-13-29-14-11-23)16-25-22(27)15-26-12-9-19-20(24)3-2-4-21(19)26/h2-9,12H,10-11,13-16H2,1H3,(H,25,27). The molecule has 1 aliphatic heterocycles. The summed E-state index contributed by atoms with van der Waals surface area (Å²) in [6.07, 6.45) is 3.66. The predicted octanol–water partition coefficient (Wildman–Crippen LogP) is 4.17. The zero-order valence-electron chi connectivity index (χ0n) is 16.5. The zero-order valence-corrected chi connectivity index (χ0v) is 17.2. The number of hydrogen-bond acceptors (Lipinski definition) is 3. The van der Waals surface area contributed by atoms with Gasteiger partial charge < -0.3 is 19.4 Å². The Hall–Kier alpha value is -2.50. The third kappa shape index (κ3) is 4.11. The first-order valence-corrected chi connectivity index (χ1v) is 10.2. The van der Waals surface area contributed by atoms with E-state index in [4.69, 9.17) is 21.1 Å². The van der Waals surface area contributed by atoms with Gasteiger partial charge in [0.25, 0.3) is 0 Å². The third-order valence-corrected chi connectivity index (χ3v) is 6.18. The molecule has 6 heteroatoms. The van der Waals surface area contributed by atoms with Crippen LogP contribution in [0.4, 0.5) is 0 Å². The first kappa shape index (κ1) is 19.8. The first-order chi connectivity index (χ1) is 14.1. The van der Waals surface area contributed by atoms with E-state index in [1.807, 2.05) is 47.2 Å². The number of amides is 1. The molecule has 1 aliphatic rings. The molecule has 152 valence electrons. The number of benzene rings is 2. The summed E-state index contributed by atoms with van der Waals surface area (Å²) in [5, 5.41) is 4.81. The Balaban J connectivity index is 1.48. The van der Waals surface area contributed by atoms with Crippen LogP contribution < -0.4 is 10.1 Å². The van der Waals surface area contributed by atoms with Crippen molar-refractivity contribution >= 4 is 28.4 Å². The van der Waals surface area contributed by atoms with Crippen molar-refractivity contribution in [2.75, 3.05) is 26.9 Å². The summed E-state index contributed by atoms with van der Waals surface area (Å²) in [5.74, 6) is 0.819. The molecule has 5 nitrogen and oxygen atoms in total. The van der Waals surface area contributed by atoms with Crippen molar-refractivity contribution in [2.45, 2.75) is 24.8 Å². The maximum absolute atomic E-state index is 12.7. The van der Waals surface area contributed by atoms with E-state index in [9.17, 15) is 4.79 Å². The molecule has 0 atom stereocenters. The molecule has 1 N–H and O–H groups in total. The number of carbonyl (C=O) groups excluding carboxylic acids is 1. The molecule has 0 saturated carbocycles. The molecule has 1 saturated heterocycles. The maximum atomic E-state index is 12.7. The van der Waals surface area contributed by atoms with Gasteiger partial charge in [-0.2, -0.15) is 0 Å². The SMILES string of the molecule is COc1ccc(C2(CNC(=O)Cn3ccc4c(Cl)cccc43)CCOCC2)cc1. The summed E-state index contributed by atoms with van der Waals surface area (Å²) < 4.78 is 12.8. The molecule has 0 bridgehead atoms. The summed E-state index contributed by atoms with van der Waals surface area (Å²) in [7, 11) is 1.66. The van der Waals surface area contributed by atoms with Crippen molar-refractivity contribution in [1.29, 1.82) is 0 Å². The highest BCUT2D eigenvalue weighted by atomic mass is 35.5. The molecule has 1 aromatic heterocycles. The van der Waals surface area contributed by atoms with E-state index in [2.05, 4.69) is 17.4 Å². The van der Waals surface area contributed by atoms with Crippen molar-refractivity contribution in [3.8, 4) is 5.75 Å². The fraction of sp³-hybridized carbons (Fsp3) is 0.348. The van der Waals surface area contributed by atoms with E-state index in [1.54, 1.807) is 7.11 Å². The lowest BCUT2D eigenvalue weighted by Gasteiger charge is -2.38. The van der Waals surface area contributed by atoms with Crippen LogP contribution in [0.2, 0.25) is 5.02 Å². The fourth-order valence-electron chi connectivity index (χ4n) is 4.08. The normalized spacial score (nSPS) is 15.9. The largest absolute Gasteiger partial charge is 0.497 e. The van der Waals surface area contributed by atoms with Crippen molar-refractivity contribution in [3.05, 3.63) is 65.3 Å². The lowest BCUT2D eigenvalue weighted by atomic mass is 9.74. The molecule has 0 spiro atoms. The van der Waals surface area contributed by atoms with Crippen molar-refractivity contribution in [2.24, 2.45) is 0 Å². The van der Waals surface area contributed by atoms with Crippen LogP contribution in [-0.4, -0.2) is 37.3 Å². The summed E-state index contributed by atoms with van der Waals surface area (Å²) in [4.78, 5) is 12.7. The molecule has 2 heterocycles. The number of nitrogens with zero attached hydrogens (tertiary/aromatic N) is 1. The zero-order chi connectivity index (χ0) is 20.3. The van der Waals surface area contributed by atoms with Crippen LogP contribution in [0.1, 0.15) is 18.4 Å². The molecular weight excluding hydrogens is 388 g/mol. The van der Waals surface area contributed by atoms with Crippen molar-refractivity contribution in [1.82, 2.24) is 9.88 Å². The van der Waals surface area contributed by atoms with E-state index in [1.165, 1.54) is 5.56 Å². The molecule has 29 heavy (non-hydrogen) atoms. The number of aromatic nitrogens is 1. The van der Waals surface area contributed by atoms with Gasteiger partial charge in [-0.3, -0.25) is 4.79 Å². The van der Waals surface area contributed by atoms with Crippen molar-refractivity contribution in [3.63, 3.8) is 0 Å². The molecule has 2 aromatic carbocycles. The summed E-state index contributed by atoms with van der Waals surface area (Å²) in [6, 6.07) is 15.8. The van der Waals surface area contributed by atoms with Gasteiger partial charge in [0.2, 0.25) is 5.91 Å². The third-order valence-electron chi connectivity index (χ3n) is 5.85. The van der Waals surface area contributed by atoms with Gasteiger partial charge in [0.05, 0.1) is 7.11 Å². The Labute approximate surface area is 175 Å². The van der Waals surface area contributed by atoms with Gasteiger partial charge in [-0.1, -0.05) is 29.8 Å². The van der Waals surface area contributed by atoms with Crippen LogP contribution >= 0.6 is 11.6 Å². The summed E-state index contributed by atoms with van der Waals surface area (Å²) in [6.45, 7) is 2.24. The van der Waals surface area contributed by atoms with Gasteiger partial charge >= 0.3 is 0 Å². The predicted molar refractivity (Wildman–Crippen MR) is 115 cm³/mol.